The third-order valence-corrected chi connectivity index (χ3v) is 13.1. The number of carbonyl (C=O) groups is 3. The highest BCUT2D eigenvalue weighted by molar-refractivity contribution is 5.71. The first kappa shape index (κ1) is 68.6. The summed E-state index contributed by atoms with van der Waals surface area (Å²) in [6, 6.07) is 0. The molecule has 0 rings (SSSR count). The van der Waals surface area contributed by atoms with Gasteiger partial charge in [-0.1, -0.05) is 266 Å². The number of hydrogen-bond acceptors (Lipinski definition) is 6. The molecule has 6 nitrogen and oxygen atoms in total. The van der Waals surface area contributed by atoms with Gasteiger partial charge in [0.15, 0.2) is 6.10 Å². The molecule has 0 aliphatic carbocycles. The first-order chi connectivity index (χ1) is 35.5. The van der Waals surface area contributed by atoms with Gasteiger partial charge in [-0.3, -0.25) is 14.4 Å². The summed E-state index contributed by atoms with van der Waals surface area (Å²) in [5.74, 6) is -0.888. The molecule has 0 N–H and O–H groups in total. The van der Waals surface area contributed by atoms with Crippen LogP contribution in [0.4, 0.5) is 0 Å². The molecule has 0 heterocycles. The molecule has 0 aromatic carbocycles. The molecule has 0 radical (unpaired) electrons. The lowest BCUT2D eigenvalue weighted by molar-refractivity contribution is -0.167. The van der Waals surface area contributed by atoms with Crippen molar-refractivity contribution in [2.45, 2.75) is 303 Å². The molecular formula is C66H114O6. The number of esters is 3. The molecule has 72 heavy (non-hydrogen) atoms. The topological polar surface area (TPSA) is 78.9 Å². The molecule has 1 unspecified atom stereocenters. The zero-order valence-corrected chi connectivity index (χ0v) is 47.4. The predicted molar refractivity (Wildman–Crippen MR) is 311 cm³/mol. The Bertz CT molecular complexity index is 1380. The minimum absolute atomic E-state index is 0.0796. The van der Waals surface area contributed by atoms with E-state index >= 15 is 0 Å². The standard InChI is InChI=1S/C66H114O6/c1-4-7-10-13-16-19-22-24-26-28-29-30-31-32-33-34-35-36-37-38-40-41-44-47-50-53-56-59-65(68)71-62-63(61-70-64(67)58-55-52-49-46-43-21-18-15-12-9-6-3)72-66(69)60-57-54-51-48-45-42-39-27-25-23-20-17-14-11-8-5-2/h7,10,16,19,24,26-27,29-30,32-33,35-36,39,63H,4-6,8-9,11-15,17-18,20-23,25,28,31,34,37-38,40-62H2,1-3H3/b10-7-,19-16-,26-24-,30-29-,33-32-,36-35-,39-27-. The van der Waals surface area contributed by atoms with Crippen LogP contribution in [0.15, 0.2) is 85.1 Å². The molecule has 0 aliphatic heterocycles. The van der Waals surface area contributed by atoms with Crippen LogP contribution in [-0.2, 0) is 28.6 Å². The van der Waals surface area contributed by atoms with E-state index in [1.165, 1.54) is 141 Å². The van der Waals surface area contributed by atoms with E-state index in [1.54, 1.807) is 0 Å². The molecule has 0 saturated heterocycles. The molecule has 0 aliphatic rings. The summed E-state index contributed by atoms with van der Waals surface area (Å²) in [6.45, 7) is 6.52. The summed E-state index contributed by atoms with van der Waals surface area (Å²) in [6.07, 6.45) is 78.7. The van der Waals surface area contributed by atoms with Crippen LogP contribution in [0.3, 0.4) is 0 Å². The molecule has 0 fully saturated rings. The number of ether oxygens (including phenoxy) is 3. The second kappa shape index (κ2) is 60.1. The Labute approximate surface area is 445 Å². The van der Waals surface area contributed by atoms with E-state index in [0.717, 1.165) is 116 Å². The number of hydrogen-bond donors (Lipinski definition) is 0. The van der Waals surface area contributed by atoms with Gasteiger partial charge in [-0.05, 0) is 96.3 Å². The zero-order chi connectivity index (χ0) is 52.2. The van der Waals surface area contributed by atoms with Crippen molar-refractivity contribution in [3.05, 3.63) is 85.1 Å². The minimum Gasteiger partial charge on any atom is -0.462 e. The van der Waals surface area contributed by atoms with Crippen molar-refractivity contribution in [3.8, 4) is 0 Å². The monoisotopic (exact) mass is 1000 g/mol. The zero-order valence-electron chi connectivity index (χ0n) is 47.4. The third-order valence-electron chi connectivity index (χ3n) is 13.1. The Morgan fingerprint density at radius 3 is 0.861 bits per heavy atom. The van der Waals surface area contributed by atoms with Crippen molar-refractivity contribution in [3.63, 3.8) is 0 Å². The summed E-state index contributed by atoms with van der Waals surface area (Å²) < 4.78 is 16.9. The molecular weight excluding hydrogens is 889 g/mol. The van der Waals surface area contributed by atoms with E-state index in [1.807, 2.05) is 0 Å². The van der Waals surface area contributed by atoms with Crippen LogP contribution in [0.2, 0.25) is 0 Å². The summed E-state index contributed by atoms with van der Waals surface area (Å²) in [7, 11) is 0. The largest absolute Gasteiger partial charge is 0.462 e. The first-order valence-electron chi connectivity index (χ1n) is 30.6. The number of allylic oxidation sites excluding steroid dienone is 14. The Morgan fingerprint density at radius 1 is 0.292 bits per heavy atom. The normalized spacial score (nSPS) is 12.7. The van der Waals surface area contributed by atoms with Gasteiger partial charge in [0, 0.05) is 19.3 Å². The Kier molecular flexibility index (Phi) is 57.3. The van der Waals surface area contributed by atoms with E-state index < -0.39 is 6.10 Å². The second-order valence-electron chi connectivity index (χ2n) is 20.2. The van der Waals surface area contributed by atoms with E-state index in [2.05, 4.69) is 106 Å². The minimum atomic E-state index is -0.782. The smallest absolute Gasteiger partial charge is 0.306 e. The highest BCUT2D eigenvalue weighted by atomic mass is 16.6. The van der Waals surface area contributed by atoms with Crippen molar-refractivity contribution >= 4 is 17.9 Å². The van der Waals surface area contributed by atoms with Gasteiger partial charge in [0.05, 0.1) is 0 Å². The third kappa shape index (κ3) is 57.5. The summed E-state index contributed by atoms with van der Waals surface area (Å²) >= 11 is 0. The highest BCUT2D eigenvalue weighted by Crippen LogP contribution is 2.16. The SMILES string of the molecule is CC/C=C\C/C=C\C/C=C\C/C=C\C/C=C\C/C=C\CCCCCCCCCCC(=O)OCC(COC(=O)CCCCCCCCCCCCC)OC(=O)CCCCCCC/C=C\CCCCCCCCC. The van der Waals surface area contributed by atoms with Crippen molar-refractivity contribution in [2.24, 2.45) is 0 Å². The van der Waals surface area contributed by atoms with Crippen LogP contribution in [0.1, 0.15) is 297 Å². The highest BCUT2D eigenvalue weighted by Gasteiger charge is 2.19. The number of unbranched alkanes of at least 4 members (excludes halogenated alkanes) is 30. The predicted octanol–water partition coefficient (Wildman–Crippen LogP) is 20.7. The van der Waals surface area contributed by atoms with Crippen molar-refractivity contribution < 1.29 is 28.6 Å². The second-order valence-corrected chi connectivity index (χ2v) is 20.2. The Hall–Kier alpha value is -3.41. The lowest BCUT2D eigenvalue weighted by Gasteiger charge is -2.18. The van der Waals surface area contributed by atoms with Gasteiger partial charge < -0.3 is 14.2 Å². The van der Waals surface area contributed by atoms with E-state index in [4.69, 9.17) is 14.2 Å². The van der Waals surface area contributed by atoms with Gasteiger partial charge in [-0.25, -0.2) is 0 Å². The molecule has 0 saturated carbocycles. The lowest BCUT2D eigenvalue weighted by atomic mass is 10.1. The molecule has 0 aromatic rings. The molecule has 0 bridgehead atoms. The molecule has 6 heteroatoms. The molecule has 0 amide bonds. The van der Waals surface area contributed by atoms with Crippen LogP contribution >= 0.6 is 0 Å². The Morgan fingerprint density at radius 2 is 0.542 bits per heavy atom. The summed E-state index contributed by atoms with van der Waals surface area (Å²) in [4.78, 5) is 38.2. The van der Waals surface area contributed by atoms with Gasteiger partial charge in [0.2, 0.25) is 0 Å². The maximum Gasteiger partial charge on any atom is 0.306 e. The molecule has 414 valence electrons. The van der Waals surface area contributed by atoms with Crippen LogP contribution in [0.25, 0.3) is 0 Å². The van der Waals surface area contributed by atoms with Crippen LogP contribution in [-0.4, -0.2) is 37.2 Å². The van der Waals surface area contributed by atoms with Crippen LogP contribution < -0.4 is 0 Å². The van der Waals surface area contributed by atoms with Crippen molar-refractivity contribution in [1.82, 2.24) is 0 Å². The number of rotatable bonds is 55. The fourth-order valence-corrected chi connectivity index (χ4v) is 8.56. The van der Waals surface area contributed by atoms with Crippen LogP contribution in [0.5, 0.6) is 0 Å². The Balaban J connectivity index is 4.29. The van der Waals surface area contributed by atoms with Gasteiger partial charge in [-0.15, -0.1) is 0 Å². The summed E-state index contributed by atoms with van der Waals surface area (Å²) in [5, 5.41) is 0. The summed E-state index contributed by atoms with van der Waals surface area (Å²) in [5.41, 5.74) is 0. The van der Waals surface area contributed by atoms with E-state index in [-0.39, 0.29) is 31.1 Å². The molecule has 1 atom stereocenters. The quantitative estimate of drug-likeness (QED) is 0.0261. The van der Waals surface area contributed by atoms with E-state index in [9.17, 15) is 14.4 Å². The van der Waals surface area contributed by atoms with Gasteiger partial charge in [0.1, 0.15) is 13.2 Å². The van der Waals surface area contributed by atoms with Gasteiger partial charge >= 0.3 is 17.9 Å². The fourth-order valence-electron chi connectivity index (χ4n) is 8.56. The molecule has 0 spiro atoms. The van der Waals surface area contributed by atoms with Crippen molar-refractivity contribution in [2.75, 3.05) is 13.2 Å². The number of carbonyl (C=O) groups excluding carboxylic acids is 3. The average Bonchev–Trinajstić information content (AvgIpc) is 3.38. The average molecular weight is 1000 g/mol. The lowest BCUT2D eigenvalue weighted by Crippen LogP contribution is -2.30. The maximum absolute atomic E-state index is 12.9. The van der Waals surface area contributed by atoms with Gasteiger partial charge in [0.25, 0.3) is 0 Å². The van der Waals surface area contributed by atoms with Crippen molar-refractivity contribution in [1.29, 1.82) is 0 Å². The maximum atomic E-state index is 12.9. The fraction of sp³-hybridized carbons (Fsp3) is 0.742. The van der Waals surface area contributed by atoms with Gasteiger partial charge in [-0.2, -0.15) is 0 Å². The van der Waals surface area contributed by atoms with Crippen LogP contribution in [0, 0.1) is 0 Å². The molecule has 0 aromatic heterocycles. The first-order valence-corrected chi connectivity index (χ1v) is 30.6. The van der Waals surface area contributed by atoms with E-state index in [0.29, 0.717) is 19.3 Å².